The molecule has 0 spiro atoms. The van der Waals surface area contributed by atoms with Crippen LogP contribution >= 0.6 is 0 Å². The number of fused-ring (bicyclic) bond motifs is 7. The Morgan fingerprint density at radius 2 is 0.940 bits per heavy atom. The number of nitrogens with two attached hydrogens (primary N) is 1. The van der Waals surface area contributed by atoms with Crippen molar-refractivity contribution in [2.45, 2.75) is 12.6 Å². The van der Waals surface area contributed by atoms with Crippen molar-refractivity contribution in [1.29, 1.82) is 0 Å². The van der Waals surface area contributed by atoms with E-state index in [4.69, 9.17) is 5.73 Å². The molecule has 50 heavy (non-hydrogen) atoms. The molecule has 0 saturated heterocycles. The highest BCUT2D eigenvalue weighted by Crippen LogP contribution is 2.41. The Morgan fingerprint density at radius 1 is 0.480 bits per heavy atom. The molecule has 2 N–H and O–H groups in total. The Balaban J connectivity index is 1.18. The predicted octanol–water partition coefficient (Wildman–Crippen LogP) is 11.9. The number of aromatic nitrogens is 1. The molecule has 0 saturated carbocycles. The van der Waals surface area contributed by atoms with E-state index in [-0.39, 0.29) is 6.04 Å². The van der Waals surface area contributed by atoms with E-state index in [9.17, 15) is 0 Å². The second-order valence-corrected chi connectivity index (χ2v) is 13.2. The molecular weight excluding hydrogens is 607 g/mol. The number of anilines is 2. The average Bonchev–Trinajstić information content (AvgIpc) is 3.51. The monoisotopic (exact) mass is 643 g/mol. The minimum absolute atomic E-state index is 0.00551. The third kappa shape index (κ3) is 5.07. The Bertz CT molecular complexity index is 2540. The zero-order valence-corrected chi connectivity index (χ0v) is 28.0. The van der Waals surface area contributed by atoms with Gasteiger partial charge in [-0.2, -0.15) is 0 Å². The zero-order valence-electron chi connectivity index (χ0n) is 28.0. The summed E-state index contributed by atoms with van der Waals surface area (Å²) in [7, 11) is 2.17. The average molecular weight is 644 g/mol. The van der Waals surface area contributed by atoms with E-state index in [1.807, 2.05) is 12.1 Å². The first kappa shape index (κ1) is 29.8. The summed E-state index contributed by atoms with van der Waals surface area (Å²) >= 11 is 0. The minimum atomic E-state index is 0.00551. The first-order valence-corrected chi connectivity index (χ1v) is 17.3. The van der Waals surface area contributed by atoms with Gasteiger partial charge in [-0.1, -0.05) is 152 Å². The Kier molecular flexibility index (Phi) is 7.32. The Labute approximate surface area is 292 Å². The molecule has 0 radical (unpaired) electrons. The van der Waals surface area contributed by atoms with Crippen LogP contribution in [0.3, 0.4) is 0 Å². The van der Waals surface area contributed by atoms with Gasteiger partial charge in [-0.15, -0.1) is 0 Å². The number of nitrogen functional groups attached to an aromatic ring is 1. The molecule has 240 valence electrons. The minimum Gasteiger partial charge on any atom is -0.397 e. The lowest BCUT2D eigenvalue weighted by molar-refractivity contribution is 0.573. The van der Waals surface area contributed by atoms with Gasteiger partial charge in [0.05, 0.1) is 17.4 Å². The van der Waals surface area contributed by atoms with Gasteiger partial charge in [0.2, 0.25) is 0 Å². The number of nitrogens with zero attached hydrogens (tertiary/aromatic N) is 2. The van der Waals surface area contributed by atoms with Crippen LogP contribution in [0.5, 0.6) is 0 Å². The maximum Gasteiger partial charge on any atom is 0.0719 e. The van der Waals surface area contributed by atoms with Crippen molar-refractivity contribution >= 4 is 54.7 Å². The molecule has 1 atom stereocenters. The van der Waals surface area contributed by atoms with Crippen LogP contribution in [-0.4, -0.2) is 11.6 Å². The number of rotatable bonds is 7. The lowest BCUT2D eigenvalue weighted by Crippen LogP contribution is -2.28. The molecule has 0 aliphatic heterocycles. The van der Waals surface area contributed by atoms with Crippen LogP contribution in [0.4, 0.5) is 11.4 Å². The van der Waals surface area contributed by atoms with Crippen LogP contribution in [0, 0.1) is 0 Å². The normalized spacial score (nSPS) is 12.2. The number of hydrogen-bond acceptors (Lipinski definition) is 2. The van der Waals surface area contributed by atoms with Gasteiger partial charge in [0.1, 0.15) is 0 Å². The van der Waals surface area contributed by atoms with Crippen LogP contribution in [0.1, 0.15) is 11.6 Å². The van der Waals surface area contributed by atoms with Gasteiger partial charge in [-0.25, -0.2) is 0 Å². The van der Waals surface area contributed by atoms with Gasteiger partial charge in [-0.3, -0.25) is 0 Å². The van der Waals surface area contributed by atoms with E-state index in [2.05, 4.69) is 180 Å². The Hall–Kier alpha value is -6.32. The molecular formula is C47H37N3. The van der Waals surface area contributed by atoms with Crippen molar-refractivity contribution in [2.75, 3.05) is 17.7 Å². The van der Waals surface area contributed by atoms with Gasteiger partial charge < -0.3 is 15.2 Å². The fourth-order valence-corrected chi connectivity index (χ4v) is 7.81. The molecule has 0 amide bonds. The van der Waals surface area contributed by atoms with Gasteiger partial charge in [0.25, 0.3) is 0 Å². The molecule has 3 heteroatoms. The van der Waals surface area contributed by atoms with Crippen LogP contribution in [0.2, 0.25) is 0 Å². The molecule has 1 heterocycles. The van der Waals surface area contributed by atoms with Crippen LogP contribution in [0.25, 0.3) is 65.6 Å². The highest BCUT2D eigenvalue weighted by molar-refractivity contribution is 6.28. The fourth-order valence-electron chi connectivity index (χ4n) is 7.81. The first-order valence-electron chi connectivity index (χ1n) is 17.3. The third-order valence-corrected chi connectivity index (χ3v) is 10.4. The summed E-state index contributed by atoms with van der Waals surface area (Å²) in [6.07, 6.45) is 0. The molecule has 3 nitrogen and oxygen atoms in total. The van der Waals surface area contributed by atoms with Gasteiger partial charge in [0.15, 0.2) is 0 Å². The van der Waals surface area contributed by atoms with Crippen molar-refractivity contribution < 1.29 is 0 Å². The maximum atomic E-state index is 6.62. The maximum absolute atomic E-state index is 6.62. The number of benzene rings is 8. The first-order chi connectivity index (χ1) is 24.6. The lowest BCUT2D eigenvalue weighted by Gasteiger charge is -2.32. The predicted molar refractivity (Wildman–Crippen MR) is 214 cm³/mol. The second-order valence-electron chi connectivity index (χ2n) is 13.2. The lowest BCUT2D eigenvalue weighted by atomic mass is 9.97. The molecule has 1 unspecified atom stereocenters. The van der Waals surface area contributed by atoms with E-state index >= 15 is 0 Å². The van der Waals surface area contributed by atoms with Gasteiger partial charge >= 0.3 is 0 Å². The van der Waals surface area contributed by atoms with Crippen molar-refractivity contribution in [1.82, 2.24) is 4.57 Å². The van der Waals surface area contributed by atoms with Crippen molar-refractivity contribution in [3.8, 4) is 22.3 Å². The summed E-state index contributed by atoms with van der Waals surface area (Å²) in [5.41, 5.74) is 17.0. The highest BCUT2D eigenvalue weighted by Gasteiger charge is 2.24. The van der Waals surface area contributed by atoms with Crippen LogP contribution < -0.4 is 10.6 Å². The highest BCUT2D eigenvalue weighted by atomic mass is 15.2. The molecule has 9 aromatic rings. The summed E-state index contributed by atoms with van der Waals surface area (Å²) in [5, 5.41) is 7.69. The number of para-hydroxylation sites is 2. The summed E-state index contributed by atoms with van der Waals surface area (Å²) < 4.78 is 2.53. The molecule has 0 aliphatic rings. The quantitative estimate of drug-likeness (QED) is 0.175. The molecule has 0 fully saturated rings. The summed E-state index contributed by atoms with van der Waals surface area (Å²) in [4.78, 5) is 2.35. The standard InChI is InChI=1S/C47H37N3/c1-49(42-18-10-9-17-41(42)48)45(38-25-23-35(24-26-38)34-21-19-33(20-22-34)32-11-3-2-4-12-32)31-50-43-29-27-36-13-5-7-15-39(36)46(43)47-40-16-8-6-14-37(40)28-30-44(47)50/h2-30,45H,31,48H2,1H3. The third-order valence-electron chi connectivity index (χ3n) is 10.4. The smallest absolute Gasteiger partial charge is 0.0719 e. The molecule has 1 aromatic heterocycles. The van der Waals surface area contributed by atoms with Crippen molar-refractivity contribution in [3.63, 3.8) is 0 Å². The SMILES string of the molecule is CN(c1ccccc1N)C(Cn1c2ccc3ccccc3c2c2c3ccccc3ccc21)c1ccc(-c2ccc(-c3ccccc3)cc2)cc1. The van der Waals surface area contributed by atoms with E-state index in [1.54, 1.807) is 0 Å². The van der Waals surface area contributed by atoms with E-state index in [0.717, 1.165) is 17.9 Å². The molecule has 8 aromatic carbocycles. The zero-order chi connectivity index (χ0) is 33.6. The van der Waals surface area contributed by atoms with Crippen molar-refractivity contribution in [2.24, 2.45) is 0 Å². The van der Waals surface area contributed by atoms with Crippen LogP contribution in [0.15, 0.2) is 176 Å². The largest absolute Gasteiger partial charge is 0.397 e. The summed E-state index contributed by atoms with van der Waals surface area (Å²) in [6.45, 7) is 0.743. The second kappa shape index (κ2) is 12.3. The summed E-state index contributed by atoms with van der Waals surface area (Å²) in [5.74, 6) is 0. The van der Waals surface area contributed by atoms with Gasteiger partial charge in [0, 0.05) is 35.4 Å². The van der Waals surface area contributed by atoms with Gasteiger partial charge in [-0.05, 0) is 73.6 Å². The summed E-state index contributed by atoms with van der Waals surface area (Å²) in [6, 6.07) is 63.4. The van der Waals surface area contributed by atoms with Crippen molar-refractivity contribution in [3.05, 3.63) is 181 Å². The van der Waals surface area contributed by atoms with E-state index in [1.165, 1.54) is 71.2 Å². The topological polar surface area (TPSA) is 34.2 Å². The van der Waals surface area contributed by atoms with E-state index < -0.39 is 0 Å². The van der Waals surface area contributed by atoms with E-state index in [0.29, 0.717) is 0 Å². The molecule has 9 rings (SSSR count). The molecule has 0 bridgehead atoms. The van der Waals surface area contributed by atoms with Crippen LogP contribution in [-0.2, 0) is 6.54 Å². The molecule has 0 aliphatic carbocycles. The fraction of sp³-hybridized carbons (Fsp3) is 0.0638. The number of likely N-dealkylation sites (N-methyl/N-ethyl adjacent to an activating group) is 1. The number of hydrogen-bond donors (Lipinski definition) is 1. The Morgan fingerprint density at radius 3 is 1.50 bits per heavy atom.